The first-order valence-electron chi connectivity index (χ1n) is 8.95. The Morgan fingerprint density at radius 3 is 2.64 bits per heavy atom. The Balaban J connectivity index is 1.43. The van der Waals surface area contributed by atoms with Crippen molar-refractivity contribution in [3.63, 3.8) is 0 Å². The molecule has 1 aromatic carbocycles. The highest BCUT2D eigenvalue weighted by Crippen LogP contribution is 2.20. The smallest absolute Gasteiger partial charge is 0.229 e. The van der Waals surface area contributed by atoms with Crippen molar-refractivity contribution in [2.75, 3.05) is 12.4 Å². The molecule has 1 amide bonds. The standard InChI is InChI=1S/C22H20N4O2/c1-15-11-18(9-10-23-15)17-5-3-16(4-6-17)12-22(27)25-20-14-26-13-19(28-2)7-8-21(26)24-20/h3-11,13-14H,12H2,1-2H3,(H,25,27). The molecular weight excluding hydrogens is 352 g/mol. The van der Waals surface area contributed by atoms with Gasteiger partial charge in [-0.3, -0.25) is 9.78 Å². The van der Waals surface area contributed by atoms with E-state index in [0.717, 1.165) is 33.8 Å². The second-order valence-electron chi connectivity index (χ2n) is 6.57. The molecule has 3 aromatic heterocycles. The van der Waals surface area contributed by atoms with Gasteiger partial charge in [0.2, 0.25) is 5.91 Å². The van der Waals surface area contributed by atoms with E-state index in [4.69, 9.17) is 4.74 Å². The number of aryl methyl sites for hydroxylation is 1. The number of ether oxygens (including phenoxy) is 1. The summed E-state index contributed by atoms with van der Waals surface area (Å²) in [5, 5.41) is 2.85. The Morgan fingerprint density at radius 2 is 1.89 bits per heavy atom. The number of anilines is 1. The van der Waals surface area contributed by atoms with Crippen molar-refractivity contribution < 1.29 is 9.53 Å². The second kappa shape index (κ2) is 7.52. The maximum Gasteiger partial charge on any atom is 0.229 e. The number of imidazole rings is 1. The van der Waals surface area contributed by atoms with Gasteiger partial charge in [-0.1, -0.05) is 24.3 Å². The average molecular weight is 372 g/mol. The van der Waals surface area contributed by atoms with Crippen LogP contribution in [0.2, 0.25) is 0 Å². The molecule has 0 aliphatic rings. The molecule has 140 valence electrons. The van der Waals surface area contributed by atoms with Gasteiger partial charge in [-0.25, -0.2) is 4.98 Å². The molecule has 0 spiro atoms. The Bertz CT molecular complexity index is 1130. The zero-order valence-electron chi connectivity index (χ0n) is 15.7. The molecular formula is C22H20N4O2. The highest BCUT2D eigenvalue weighted by Gasteiger charge is 2.08. The fourth-order valence-electron chi connectivity index (χ4n) is 3.06. The monoisotopic (exact) mass is 372 g/mol. The van der Waals surface area contributed by atoms with Gasteiger partial charge in [0.15, 0.2) is 5.82 Å². The summed E-state index contributed by atoms with van der Waals surface area (Å²) in [5.41, 5.74) is 4.88. The fraction of sp³-hybridized carbons (Fsp3) is 0.136. The molecule has 28 heavy (non-hydrogen) atoms. The minimum absolute atomic E-state index is 0.108. The number of carbonyl (C=O) groups excluding carboxylic acids is 1. The van der Waals surface area contributed by atoms with E-state index in [1.807, 2.05) is 66.1 Å². The SMILES string of the molecule is COc1ccc2nc(NC(=O)Cc3ccc(-c4ccnc(C)c4)cc3)cn2c1. The van der Waals surface area contributed by atoms with Crippen molar-refractivity contribution in [3.05, 3.63) is 78.4 Å². The molecule has 0 unspecified atom stereocenters. The lowest BCUT2D eigenvalue weighted by Crippen LogP contribution is -2.14. The number of hydrogen-bond acceptors (Lipinski definition) is 4. The van der Waals surface area contributed by atoms with E-state index in [0.29, 0.717) is 5.82 Å². The summed E-state index contributed by atoms with van der Waals surface area (Å²) in [5.74, 6) is 1.14. The van der Waals surface area contributed by atoms with E-state index < -0.39 is 0 Å². The summed E-state index contributed by atoms with van der Waals surface area (Å²) in [4.78, 5) is 21.0. The first-order chi connectivity index (χ1) is 13.6. The summed E-state index contributed by atoms with van der Waals surface area (Å²) in [7, 11) is 1.61. The average Bonchev–Trinajstić information content (AvgIpc) is 3.09. The molecule has 0 radical (unpaired) electrons. The summed E-state index contributed by atoms with van der Waals surface area (Å²) in [6, 6.07) is 15.7. The molecule has 0 atom stereocenters. The number of pyridine rings is 2. The summed E-state index contributed by atoms with van der Waals surface area (Å²) in [6.07, 6.45) is 5.67. The van der Waals surface area contributed by atoms with Crippen molar-refractivity contribution in [2.24, 2.45) is 0 Å². The predicted molar refractivity (Wildman–Crippen MR) is 108 cm³/mol. The molecule has 0 saturated carbocycles. The number of aromatic nitrogens is 3. The largest absolute Gasteiger partial charge is 0.495 e. The summed E-state index contributed by atoms with van der Waals surface area (Å²) in [6.45, 7) is 1.97. The zero-order chi connectivity index (χ0) is 19.5. The number of rotatable bonds is 5. The molecule has 6 nitrogen and oxygen atoms in total. The number of amides is 1. The zero-order valence-corrected chi connectivity index (χ0v) is 15.7. The second-order valence-corrected chi connectivity index (χ2v) is 6.57. The molecule has 0 saturated heterocycles. The van der Waals surface area contributed by atoms with Gasteiger partial charge < -0.3 is 14.5 Å². The third-order valence-corrected chi connectivity index (χ3v) is 4.48. The molecule has 0 aliphatic heterocycles. The van der Waals surface area contributed by atoms with Gasteiger partial charge in [0.05, 0.1) is 25.9 Å². The quantitative estimate of drug-likeness (QED) is 0.577. The van der Waals surface area contributed by atoms with Gasteiger partial charge >= 0.3 is 0 Å². The maximum absolute atomic E-state index is 12.4. The third-order valence-electron chi connectivity index (χ3n) is 4.48. The van der Waals surface area contributed by atoms with Gasteiger partial charge in [0.1, 0.15) is 11.4 Å². The molecule has 0 bridgehead atoms. The molecule has 4 rings (SSSR count). The molecule has 6 heteroatoms. The Labute approximate surface area is 162 Å². The van der Waals surface area contributed by atoms with Crippen LogP contribution in [0, 0.1) is 6.92 Å². The number of benzene rings is 1. The van der Waals surface area contributed by atoms with E-state index >= 15 is 0 Å². The van der Waals surface area contributed by atoms with Crippen LogP contribution in [0.25, 0.3) is 16.8 Å². The van der Waals surface area contributed by atoms with Gasteiger partial charge in [0, 0.05) is 11.9 Å². The van der Waals surface area contributed by atoms with Crippen molar-refractivity contribution in [1.82, 2.24) is 14.4 Å². The highest BCUT2D eigenvalue weighted by atomic mass is 16.5. The number of hydrogen-bond donors (Lipinski definition) is 1. The number of nitrogens with one attached hydrogen (secondary N) is 1. The van der Waals surface area contributed by atoms with Crippen molar-refractivity contribution in [3.8, 4) is 16.9 Å². The van der Waals surface area contributed by atoms with Crippen LogP contribution in [0.1, 0.15) is 11.3 Å². The van der Waals surface area contributed by atoms with E-state index in [1.54, 1.807) is 19.5 Å². The van der Waals surface area contributed by atoms with E-state index in [-0.39, 0.29) is 12.3 Å². The minimum Gasteiger partial charge on any atom is -0.495 e. The van der Waals surface area contributed by atoms with Crippen LogP contribution in [0.3, 0.4) is 0 Å². The number of carbonyl (C=O) groups is 1. The van der Waals surface area contributed by atoms with E-state index in [1.165, 1.54) is 0 Å². The van der Waals surface area contributed by atoms with Crippen LogP contribution in [0.4, 0.5) is 5.82 Å². The Morgan fingerprint density at radius 1 is 1.07 bits per heavy atom. The third kappa shape index (κ3) is 3.86. The lowest BCUT2D eigenvalue weighted by Gasteiger charge is -2.05. The van der Waals surface area contributed by atoms with Crippen LogP contribution in [0.15, 0.2) is 67.1 Å². The van der Waals surface area contributed by atoms with Crippen LogP contribution in [-0.4, -0.2) is 27.4 Å². The molecule has 0 fully saturated rings. The van der Waals surface area contributed by atoms with Crippen LogP contribution in [0.5, 0.6) is 5.75 Å². The topological polar surface area (TPSA) is 68.5 Å². The van der Waals surface area contributed by atoms with Crippen molar-refractivity contribution >= 4 is 17.4 Å². The molecule has 4 aromatic rings. The summed E-state index contributed by atoms with van der Waals surface area (Å²) < 4.78 is 7.02. The summed E-state index contributed by atoms with van der Waals surface area (Å²) >= 11 is 0. The van der Waals surface area contributed by atoms with E-state index in [9.17, 15) is 4.79 Å². The minimum atomic E-state index is -0.108. The predicted octanol–water partition coefficient (Wildman–Crippen LogP) is 3.89. The van der Waals surface area contributed by atoms with Gasteiger partial charge in [-0.05, 0) is 47.9 Å². The van der Waals surface area contributed by atoms with E-state index in [2.05, 4.69) is 15.3 Å². The number of methoxy groups -OCH3 is 1. The maximum atomic E-state index is 12.4. The van der Waals surface area contributed by atoms with Crippen LogP contribution in [-0.2, 0) is 11.2 Å². The highest BCUT2D eigenvalue weighted by molar-refractivity contribution is 5.91. The van der Waals surface area contributed by atoms with Gasteiger partial charge in [-0.2, -0.15) is 0 Å². The molecule has 1 N–H and O–H groups in total. The van der Waals surface area contributed by atoms with Crippen LogP contribution >= 0.6 is 0 Å². The van der Waals surface area contributed by atoms with Crippen molar-refractivity contribution in [1.29, 1.82) is 0 Å². The fourth-order valence-corrected chi connectivity index (χ4v) is 3.06. The first-order valence-corrected chi connectivity index (χ1v) is 8.95. The molecule has 3 heterocycles. The first kappa shape index (κ1) is 17.7. The van der Waals surface area contributed by atoms with Crippen LogP contribution < -0.4 is 10.1 Å². The molecule has 0 aliphatic carbocycles. The number of nitrogens with zero attached hydrogens (tertiary/aromatic N) is 3. The Kier molecular flexibility index (Phi) is 4.76. The normalized spacial score (nSPS) is 10.8. The van der Waals surface area contributed by atoms with Crippen molar-refractivity contribution in [2.45, 2.75) is 13.3 Å². The lowest BCUT2D eigenvalue weighted by molar-refractivity contribution is -0.115. The lowest BCUT2D eigenvalue weighted by atomic mass is 10.0. The van der Waals surface area contributed by atoms with Gasteiger partial charge in [-0.15, -0.1) is 0 Å². The van der Waals surface area contributed by atoms with Gasteiger partial charge in [0.25, 0.3) is 0 Å². The Hall–Kier alpha value is -3.67. The number of fused-ring (bicyclic) bond motifs is 1.